The van der Waals surface area contributed by atoms with Crippen molar-refractivity contribution in [2.45, 2.75) is 25.8 Å². The van der Waals surface area contributed by atoms with E-state index in [9.17, 15) is 24.5 Å². The predicted molar refractivity (Wildman–Crippen MR) is 120 cm³/mol. The lowest BCUT2D eigenvalue weighted by molar-refractivity contribution is -0.384. The Bertz CT molecular complexity index is 1160. The maximum absolute atomic E-state index is 13.4. The number of hydrogen-bond acceptors (Lipinski definition) is 5. The lowest BCUT2D eigenvalue weighted by Gasteiger charge is -2.28. The molecule has 3 amide bonds. The van der Waals surface area contributed by atoms with Gasteiger partial charge in [0.1, 0.15) is 0 Å². The van der Waals surface area contributed by atoms with E-state index in [-0.39, 0.29) is 53.3 Å². The van der Waals surface area contributed by atoms with Gasteiger partial charge in [0.25, 0.3) is 5.69 Å². The van der Waals surface area contributed by atoms with Crippen LogP contribution < -0.4 is 5.32 Å². The highest BCUT2D eigenvalue weighted by Crippen LogP contribution is 2.54. The van der Waals surface area contributed by atoms with Crippen LogP contribution >= 0.6 is 0 Å². The van der Waals surface area contributed by atoms with E-state index in [0.717, 1.165) is 12.0 Å². The first kappa shape index (κ1) is 21.1. The van der Waals surface area contributed by atoms with Gasteiger partial charge in [0, 0.05) is 17.8 Å². The molecule has 0 spiro atoms. The van der Waals surface area contributed by atoms with Crippen LogP contribution in [-0.2, 0) is 14.4 Å². The largest absolute Gasteiger partial charge is 0.326 e. The summed E-state index contributed by atoms with van der Waals surface area (Å²) in [7, 11) is 0. The van der Waals surface area contributed by atoms with E-state index in [0.29, 0.717) is 5.56 Å². The summed E-state index contributed by atoms with van der Waals surface area (Å²) < 4.78 is 0. The molecule has 2 aromatic rings. The van der Waals surface area contributed by atoms with Gasteiger partial charge < -0.3 is 5.32 Å². The van der Waals surface area contributed by atoms with Crippen molar-refractivity contribution < 1.29 is 19.3 Å². The third kappa shape index (κ3) is 3.61. The van der Waals surface area contributed by atoms with Crippen LogP contribution in [0.1, 0.15) is 30.0 Å². The molecule has 1 aliphatic heterocycles. The van der Waals surface area contributed by atoms with Crippen molar-refractivity contribution in [2.24, 2.45) is 23.7 Å². The molecule has 1 saturated heterocycles. The fourth-order valence-electron chi connectivity index (χ4n) is 5.46. The number of hydrogen-bond donors (Lipinski definition) is 1. The quantitative estimate of drug-likeness (QED) is 0.315. The first-order valence-electron chi connectivity index (χ1n) is 11.0. The number of nitro benzene ring substituents is 1. The fraction of sp³-hybridized carbons (Fsp3) is 0.320. The van der Waals surface area contributed by atoms with Crippen molar-refractivity contribution in [1.29, 1.82) is 0 Å². The van der Waals surface area contributed by atoms with E-state index < -0.39 is 16.9 Å². The second-order valence-corrected chi connectivity index (χ2v) is 9.03. The second-order valence-electron chi connectivity index (χ2n) is 9.03. The Balaban J connectivity index is 1.42. The standard InChI is InChI=1S/C25H23N3O5/c1-14-5-7-15(8-6-14)20(13-21(29)26-18-3-2-4-19(12-18)28(32)33)27-24(30)22-16-9-10-17(11-16)23(22)25(27)31/h2-10,12,16-17,20,22-23H,11,13H2,1H3,(H,26,29). The van der Waals surface area contributed by atoms with Gasteiger partial charge in [-0.25, -0.2) is 0 Å². The molecule has 1 saturated carbocycles. The summed E-state index contributed by atoms with van der Waals surface area (Å²) in [5.74, 6) is -1.39. The molecule has 5 atom stereocenters. The topological polar surface area (TPSA) is 110 Å². The summed E-state index contributed by atoms with van der Waals surface area (Å²) in [5, 5.41) is 13.7. The summed E-state index contributed by atoms with van der Waals surface area (Å²) in [6, 6.07) is 12.4. The molecule has 2 bridgehead atoms. The number of carbonyl (C=O) groups is 3. The van der Waals surface area contributed by atoms with Gasteiger partial charge in [-0.2, -0.15) is 0 Å². The number of nitrogens with zero attached hydrogens (tertiary/aromatic N) is 2. The van der Waals surface area contributed by atoms with Gasteiger partial charge in [0.05, 0.1) is 29.2 Å². The monoisotopic (exact) mass is 445 g/mol. The van der Waals surface area contributed by atoms with Crippen LogP contribution in [0.4, 0.5) is 11.4 Å². The molecular formula is C25H23N3O5. The van der Waals surface area contributed by atoms with E-state index in [1.54, 1.807) is 6.07 Å². The third-order valence-electron chi connectivity index (χ3n) is 7.00. The number of likely N-dealkylation sites (tertiary alicyclic amines) is 1. The van der Waals surface area contributed by atoms with Crippen molar-refractivity contribution in [3.63, 3.8) is 0 Å². The van der Waals surface area contributed by atoms with Gasteiger partial charge in [-0.05, 0) is 36.8 Å². The van der Waals surface area contributed by atoms with E-state index in [1.807, 2.05) is 43.3 Å². The third-order valence-corrected chi connectivity index (χ3v) is 7.00. The number of allylic oxidation sites excluding steroid dienone is 2. The lowest BCUT2D eigenvalue weighted by Crippen LogP contribution is -2.38. The fourth-order valence-corrected chi connectivity index (χ4v) is 5.46. The summed E-state index contributed by atoms with van der Waals surface area (Å²) >= 11 is 0. The number of non-ortho nitro benzene ring substituents is 1. The van der Waals surface area contributed by atoms with Crippen molar-refractivity contribution in [2.75, 3.05) is 5.32 Å². The maximum Gasteiger partial charge on any atom is 0.271 e. The smallest absolute Gasteiger partial charge is 0.271 e. The lowest BCUT2D eigenvalue weighted by atomic mass is 9.85. The normalized spacial score (nSPS) is 25.9. The van der Waals surface area contributed by atoms with E-state index in [1.165, 1.54) is 23.1 Å². The zero-order valence-electron chi connectivity index (χ0n) is 18.0. The van der Waals surface area contributed by atoms with Gasteiger partial charge in [-0.1, -0.05) is 48.0 Å². The highest BCUT2D eigenvalue weighted by molar-refractivity contribution is 6.07. The van der Waals surface area contributed by atoms with Crippen LogP contribution in [0, 0.1) is 40.7 Å². The predicted octanol–water partition coefficient (Wildman–Crippen LogP) is 3.78. The van der Waals surface area contributed by atoms with Gasteiger partial charge >= 0.3 is 0 Å². The molecule has 5 unspecified atom stereocenters. The number of nitrogens with one attached hydrogen (secondary N) is 1. The Hall–Kier alpha value is -3.81. The van der Waals surface area contributed by atoms with Crippen LogP contribution in [0.25, 0.3) is 0 Å². The molecule has 8 heteroatoms. The van der Waals surface area contributed by atoms with Gasteiger partial charge in [0.15, 0.2) is 0 Å². The van der Waals surface area contributed by atoms with Gasteiger partial charge in [-0.3, -0.25) is 29.4 Å². The Labute approximate surface area is 190 Å². The highest BCUT2D eigenvalue weighted by atomic mass is 16.6. The molecule has 1 heterocycles. The molecule has 2 fully saturated rings. The first-order valence-corrected chi connectivity index (χ1v) is 11.0. The average molecular weight is 445 g/mol. The Morgan fingerprint density at radius 2 is 1.73 bits per heavy atom. The molecular weight excluding hydrogens is 422 g/mol. The molecule has 1 N–H and O–H groups in total. The number of nitro groups is 1. The second kappa shape index (κ2) is 7.95. The molecule has 5 rings (SSSR count). The van der Waals surface area contributed by atoms with Gasteiger partial charge in [0.2, 0.25) is 17.7 Å². The summed E-state index contributed by atoms with van der Waals surface area (Å²) in [5.41, 5.74) is 1.88. The van der Waals surface area contributed by atoms with Gasteiger partial charge in [-0.15, -0.1) is 0 Å². The summed E-state index contributed by atoms with van der Waals surface area (Å²) in [6.45, 7) is 1.94. The van der Waals surface area contributed by atoms with Crippen LogP contribution in [-0.4, -0.2) is 27.5 Å². The Morgan fingerprint density at radius 1 is 1.09 bits per heavy atom. The van der Waals surface area contributed by atoms with E-state index in [4.69, 9.17) is 0 Å². The molecule has 8 nitrogen and oxygen atoms in total. The minimum atomic E-state index is -0.741. The van der Waals surface area contributed by atoms with Crippen LogP contribution in [0.3, 0.4) is 0 Å². The van der Waals surface area contributed by atoms with Crippen LogP contribution in [0.15, 0.2) is 60.7 Å². The Morgan fingerprint density at radius 3 is 2.33 bits per heavy atom. The zero-order chi connectivity index (χ0) is 23.3. The molecule has 3 aliphatic rings. The number of anilines is 1. The number of carbonyl (C=O) groups excluding carboxylic acids is 3. The Kier molecular flexibility index (Phi) is 5.08. The minimum absolute atomic E-state index is 0.0822. The highest BCUT2D eigenvalue weighted by Gasteiger charge is 2.60. The van der Waals surface area contributed by atoms with Crippen molar-refractivity contribution in [1.82, 2.24) is 4.90 Å². The molecule has 2 aliphatic carbocycles. The molecule has 168 valence electrons. The first-order chi connectivity index (χ1) is 15.8. The molecule has 2 aromatic carbocycles. The number of fused-ring (bicyclic) bond motifs is 5. The average Bonchev–Trinajstić information content (AvgIpc) is 3.47. The van der Waals surface area contributed by atoms with Crippen LogP contribution in [0.5, 0.6) is 0 Å². The summed E-state index contributed by atoms with van der Waals surface area (Å²) in [6.07, 6.45) is 4.78. The molecule has 33 heavy (non-hydrogen) atoms. The van der Waals surface area contributed by atoms with Crippen LogP contribution in [0.2, 0.25) is 0 Å². The zero-order valence-corrected chi connectivity index (χ0v) is 18.0. The van der Waals surface area contributed by atoms with Crippen molar-refractivity contribution in [3.8, 4) is 0 Å². The van der Waals surface area contributed by atoms with E-state index >= 15 is 0 Å². The maximum atomic E-state index is 13.4. The number of benzene rings is 2. The summed E-state index contributed by atoms with van der Waals surface area (Å²) in [4.78, 5) is 51.5. The SMILES string of the molecule is Cc1ccc(C(CC(=O)Nc2cccc([N+](=O)[O-])c2)N2C(=O)C3C4C=CC(C4)C3C2=O)cc1. The van der Waals surface area contributed by atoms with E-state index in [2.05, 4.69) is 5.32 Å². The number of amides is 3. The molecule has 0 radical (unpaired) electrons. The van der Waals surface area contributed by atoms with Crippen molar-refractivity contribution in [3.05, 3.63) is 81.9 Å². The molecule has 0 aromatic heterocycles. The number of imide groups is 1. The van der Waals surface area contributed by atoms with Crippen molar-refractivity contribution >= 4 is 29.1 Å². The number of aryl methyl sites for hydroxylation is 1. The number of rotatable bonds is 6. The minimum Gasteiger partial charge on any atom is -0.326 e.